The number of nitrogens with one attached hydrogen (secondary N) is 1. The highest BCUT2D eigenvalue weighted by Crippen LogP contribution is 2.37. The van der Waals surface area contributed by atoms with Crippen LogP contribution in [-0.4, -0.2) is 41.2 Å². The van der Waals surface area contributed by atoms with E-state index in [0.29, 0.717) is 18.6 Å². The summed E-state index contributed by atoms with van der Waals surface area (Å²) in [5.41, 5.74) is 0.773. The van der Waals surface area contributed by atoms with Crippen LogP contribution in [0, 0.1) is 14.3 Å². The third-order valence-corrected chi connectivity index (χ3v) is 7.34. The van der Waals surface area contributed by atoms with Gasteiger partial charge in [0.25, 0.3) is 0 Å². The van der Waals surface area contributed by atoms with Gasteiger partial charge in [-0.25, -0.2) is 4.79 Å². The smallest absolute Gasteiger partial charge is 0.328 e. The number of benzene rings is 2. The van der Waals surface area contributed by atoms with Crippen LogP contribution >= 0.6 is 90.4 Å². The quantitative estimate of drug-likeness (QED) is 0.248. The zero-order valence-electron chi connectivity index (χ0n) is 16.5. The molecule has 0 heterocycles. The minimum absolute atomic E-state index is 0.173. The molecule has 12 heteroatoms. The van der Waals surface area contributed by atoms with Gasteiger partial charge in [-0.3, -0.25) is 9.59 Å². The van der Waals surface area contributed by atoms with E-state index in [2.05, 4.69) is 50.5 Å². The van der Waals surface area contributed by atoms with Gasteiger partial charge in [-0.1, -0.05) is 0 Å². The summed E-state index contributed by atoms with van der Waals surface area (Å²) >= 11 is 8.33. The zero-order chi connectivity index (χ0) is 24.0. The second-order valence-electron chi connectivity index (χ2n) is 6.47. The van der Waals surface area contributed by atoms with Crippen LogP contribution in [0.5, 0.6) is 17.2 Å². The van der Waals surface area contributed by atoms with E-state index < -0.39 is 23.9 Å². The first-order valence-electron chi connectivity index (χ1n) is 8.94. The summed E-state index contributed by atoms with van der Waals surface area (Å²) in [5, 5.41) is 21.2. The van der Waals surface area contributed by atoms with Crippen molar-refractivity contribution in [3.63, 3.8) is 0 Å². The van der Waals surface area contributed by atoms with Crippen LogP contribution < -0.4 is 10.1 Å². The van der Waals surface area contributed by atoms with Crippen LogP contribution in [0.4, 0.5) is 0 Å². The summed E-state index contributed by atoms with van der Waals surface area (Å²) < 4.78 is 13.8. The second kappa shape index (κ2) is 12.7. The molecule has 1 unspecified atom stereocenters. The normalized spacial score (nSPS) is 11.5. The van der Waals surface area contributed by atoms with E-state index in [0.717, 1.165) is 12.7 Å². The number of phenolic OH excluding ortho intramolecular Hbond substituents is 1. The van der Waals surface area contributed by atoms with Crippen molar-refractivity contribution in [3.05, 3.63) is 44.1 Å². The molecule has 1 atom stereocenters. The number of aliphatic carboxylic acids is 1. The number of amides is 1. The fourth-order valence-corrected chi connectivity index (χ4v) is 6.43. The van der Waals surface area contributed by atoms with Crippen molar-refractivity contribution in [2.24, 2.45) is 0 Å². The molecule has 2 aromatic rings. The van der Waals surface area contributed by atoms with Gasteiger partial charge in [0.2, 0.25) is 5.91 Å². The van der Waals surface area contributed by atoms with Crippen molar-refractivity contribution in [1.82, 2.24) is 5.32 Å². The molecule has 172 valence electrons. The summed E-state index contributed by atoms with van der Waals surface area (Å²) in [5.74, 6) is -0.827. The Hall–Kier alpha value is -0.630. The number of methoxy groups -OCH3 is 1. The molecule has 32 heavy (non-hydrogen) atoms. The van der Waals surface area contributed by atoms with E-state index in [1.54, 1.807) is 12.1 Å². The first kappa shape index (κ1) is 27.6. The maximum absolute atomic E-state index is 12.2. The highest BCUT2D eigenvalue weighted by molar-refractivity contribution is 14.1. The van der Waals surface area contributed by atoms with Crippen LogP contribution in [0.25, 0.3) is 0 Å². The van der Waals surface area contributed by atoms with Gasteiger partial charge in [0.15, 0.2) is 5.75 Å². The Bertz CT molecular complexity index is 999. The number of hydrogen-bond acceptors (Lipinski definition) is 6. The number of carbonyl (C=O) groups excluding carboxylic acids is 2. The third-order valence-electron chi connectivity index (χ3n) is 4.10. The fourth-order valence-electron chi connectivity index (χ4n) is 2.60. The van der Waals surface area contributed by atoms with Crippen molar-refractivity contribution in [1.29, 1.82) is 0 Å². The lowest BCUT2D eigenvalue weighted by molar-refractivity contribution is -0.145. The molecular formula is C20H17I4NO7. The lowest BCUT2D eigenvalue weighted by Gasteiger charge is -2.18. The van der Waals surface area contributed by atoms with Gasteiger partial charge in [-0.15, -0.1) is 0 Å². The van der Waals surface area contributed by atoms with Gasteiger partial charge < -0.3 is 25.0 Å². The molecule has 2 aromatic carbocycles. The number of phenols is 1. The summed E-state index contributed by atoms with van der Waals surface area (Å²) in [6.07, 6.45) is -0.377. The van der Waals surface area contributed by atoms with Crippen LogP contribution in [0.1, 0.15) is 18.4 Å². The molecular weight excluding hydrogens is 874 g/mol. The third kappa shape index (κ3) is 8.00. The SMILES string of the molecule is COC(=O)C(Cc1cc(I)c(Oc2cc(I)c(O)c(I)c2)c(I)c1)NC(=O)CCC(=O)O. The first-order valence-corrected chi connectivity index (χ1v) is 13.3. The molecule has 8 nitrogen and oxygen atoms in total. The first-order chi connectivity index (χ1) is 15.0. The van der Waals surface area contributed by atoms with Crippen LogP contribution in [0.15, 0.2) is 24.3 Å². The van der Waals surface area contributed by atoms with Gasteiger partial charge in [0.1, 0.15) is 17.5 Å². The predicted octanol–water partition coefficient (Wildman–Crippen LogP) is 4.67. The maximum atomic E-state index is 12.2. The van der Waals surface area contributed by atoms with Crippen molar-refractivity contribution in [3.8, 4) is 17.2 Å². The summed E-state index contributed by atoms with van der Waals surface area (Å²) in [7, 11) is 1.23. The van der Waals surface area contributed by atoms with E-state index >= 15 is 0 Å². The van der Waals surface area contributed by atoms with Crippen molar-refractivity contribution in [2.45, 2.75) is 25.3 Å². The molecule has 1 amide bonds. The second-order valence-corrected chi connectivity index (χ2v) is 11.1. The van der Waals surface area contributed by atoms with Crippen molar-refractivity contribution < 1.29 is 34.1 Å². The number of halogens is 4. The Morgan fingerprint density at radius 2 is 1.53 bits per heavy atom. The molecule has 0 aliphatic rings. The standard InChI is InChI=1S/C20H17I4NO7/c1-31-20(30)15(25-16(26)2-3-17(27)28)6-9-4-13(23)19(14(24)5-9)32-10-7-11(21)18(29)12(22)8-10/h4-5,7-8,15,29H,2-3,6H2,1H3,(H,25,26)(H,27,28). The lowest BCUT2D eigenvalue weighted by Crippen LogP contribution is -2.43. The van der Waals surface area contributed by atoms with E-state index in [1.807, 2.05) is 57.3 Å². The average Bonchev–Trinajstić information content (AvgIpc) is 2.72. The molecule has 0 saturated heterocycles. The van der Waals surface area contributed by atoms with Crippen LogP contribution in [0.3, 0.4) is 0 Å². The van der Waals surface area contributed by atoms with Gasteiger partial charge in [0, 0.05) is 12.8 Å². The molecule has 0 aliphatic carbocycles. The Morgan fingerprint density at radius 1 is 0.969 bits per heavy atom. The molecule has 0 bridgehead atoms. The molecule has 0 spiro atoms. The minimum Gasteiger partial charge on any atom is -0.506 e. The number of ether oxygens (including phenoxy) is 2. The average molecular weight is 891 g/mol. The molecule has 2 rings (SSSR count). The Labute approximate surface area is 238 Å². The number of esters is 1. The molecule has 0 saturated carbocycles. The van der Waals surface area contributed by atoms with E-state index in [1.165, 1.54) is 7.11 Å². The molecule has 0 fully saturated rings. The fraction of sp³-hybridized carbons (Fsp3) is 0.250. The number of hydrogen-bond donors (Lipinski definition) is 3. The highest BCUT2D eigenvalue weighted by atomic mass is 127. The minimum atomic E-state index is -1.09. The molecule has 3 N–H and O–H groups in total. The molecule has 0 aromatic heterocycles. The van der Waals surface area contributed by atoms with Gasteiger partial charge >= 0.3 is 11.9 Å². The van der Waals surface area contributed by atoms with Crippen molar-refractivity contribution in [2.75, 3.05) is 7.11 Å². The van der Waals surface area contributed by atoms with Gasteiger partial charge in [0.05, 0.1) is 27.8 Å². The highest BCUT2D eigenvalue weighted by Gasteiger charge is 2.23. The maximum Gasteiger partial charge on any atom is 0.328 e. The number of carboxylic acid groups (broad SMARTS) is 1. The van der Waals surface area contributed by atoms with E-state index in [-0.39, 0.29) is 25.0 Å². The molecule has 0 radical (unpaired) electrons. The number of carbonyl (C=O) groups is 3. The Kier molecular flexibility index (Phi) is 11.0. The van der Waals surface area contributed by atoms with Crippen molar-refractivity contribution >= 4 is 108 Å². The lowest BCUT2D eigenvalue weighted by atomic mass is 10.1. The van der Waals surface area contributed by atoms with Gasteiger partial charge in [-0.05, 0) is 120 Å². The monoisotopic (exact) mass is 891 g/mol. The summed E-state index contributed by atoms with van der Waals surface area (Å²) in [6, 6.07) is 6.21. The summed E-state index contributed by atoms with van der Waals surface area (Å²) in [4.78, 5) is 34.8. The van der Waals surface area contributed by atoms with E-state index in [4.69, 9.17) is 14.6 Å². The zero-order valence-corrected chi connectivity index (χ0v) is 25.1. The Balaban J connectivity index is 2.22. The molecule has 0 aliphatic heterocycles. The topological polar surface area (TPSA) is 122 Å². The number of carboxylic acids is 1. The number of aromatic hydroxyl groups is 1. The van der Waals surface area contributed by atoms with Gasteiger partial charge in [-0.2, -0.15) is 0 Å². The summed E-state index contributed by atoms with van der Waals surface area (Å²) in [6.45, 7) is 0. The largest absolute Gasteiger partial charge is 0.506 e. The van der Waals surface area contributed by atoms with Crippen LogP contribution in [0.2, 0.25) is 0 Å². The predicted molar refractivity (Wildman–Crippen MR) is 150 cm³/mol. The van der Waals surface area contributed by atoms with E-state index in [9.17, 15) is 19.5 Å². The Morgan fingerprint density at radius 3 is 2.03 bits per heavy atom. The van der Waals surface area contributed by atoms with Crippen LogP contribution in [-0.2, 0) is 25.5 Å². The number of rotatable bonds is 9.